The van der Waals surface area contributed by atoms with E-state index in [1.54, 1.807) is 12.1 Å². The highest BCUT2D eigenvalue weighted by Gasteiger charge is 1.96. The van der Waals surface area contributed by atoms with Gasteiger partial charge in [-0.1, -0.05) is 18.2 Å². The Hall–Kier alpha value is -1.31. The molecule has 0 fully saturated rings. The predicted octanol–water partition coefficient (Wildman–Crippen LogP) is 1.46. The average molecular weight is 134 g/mol. The minimum absolute atomic E-state index is 0.153. The van der Waals surface area contributed by atoms with E-state index in [1.807, 2.05) is 12.1 Å². The summed E-state index contributed by atoms with van der Waals surface area (Å²) in [5.74, 6) is 0.153. The quantitative estimate of drug-likeness (QED) is 0.457. The van der Waals surface area contributed by atoms with E-state index < -0.39 is 0 Å². The molecule has 10 heavy (non-hydrogen) atoms. The van der Waals surface area contributed by atoms with Gasteiger partial charge in [0.1, 0.15) is 0 Å². The summed E-state index contributed by atoms with van der Waals surface area (Å²) in [5.41, 5.74) is 0.685. The van der Waals surface area contributed by atoms with Gasteiger partial charge in [0.25, 0.3) is 0 Å². The van der Waals surface area contributed by atoms with Gasteiger partial charge in [-0.3, -0.25) is 5.41 Å². The van der Waals surface area contributed by atoms with Crippen LogP contribution >= 0.6 is 0 Å². The minimum Gasteiger partial charge on any atom is -0.481 e. The molecule has 0 spiro atoms. The molecule has 51 valence electrons. The Morgan fingerprint density at radius 3 is 2.90 bits per heavy atom. The molecule has 1 aromatic carbocycles. The Bertz CT molecular complexity index is 218. The molecule has 0 aliphatic heterocycles. The Kier molecular flexibility index (Phi) is 2.05. The molecule has 0 saturated heterocycles. The first-order valence-electron chi connectivity index (χ1n) is 2.94. The van der Waals surface area contributed by atoms with Crippen LogP contribution in [-0.2, 0) is 4.74 Å². The van der Waals surface area contributed by atoms with Crippen molar-refractivity contribution in [1.29, 1.82) is 5.41 Å². The number of hydrogen-bond acceptors (Lipinski definition) is 2. The Labute approximate surface area is 60.0 Å². The maximum Gasteiger partial charge on any atom is 0.213 e. The molecule has 1 rings (SSSR count). The lowest BCUT2D eigenvalue weighted by Crippen LogP contribution is -1.99. The highest BCUT2D eigenvalue weighted by atomic mass is 16.5. The number of ether oxygens (including phenoxy) is 1. The van der Waals surface area contributed by atoms with Crippen molar-refractivity contribution in [2.24, 2.45) is 0 Å². The Balaban J connectivity index is 2.85. The second-order valence-corrected chi connectivity index (χ2v) is 1.81. The summed E-state index contributed by atoms with van der Waals surface area (Å²) in [5, 5.41) is 7.22. The number of nitrogens with one attached hydrogen (secondary N) is 1. The first kappa shape index (κ1) is 6.81. The van der Waals surface area contributed by atoms with E-state index in [9.17, 15) is 0 Å². The van der Waals surface area contributed by atoms with Crippen molar-refractivity contribution in [3.8, 4) is 0 Å². The minimum atomic E-state index is 0.153. The lowest BCUT2D eigenvalue weighted by molar-refractivity contribution is 0.401. The van der Waals surface area contributed by atoms with Crippen LogP contribution in [0.3, 0.4) is 0 Å². The third-order valence-electron chi connectivity index (χ3n) is 1.16. The van der Waals surface area contributed by atoms with Crippen molar-refractivity contribution < 1.29 is 4.74 Å². The lowest BCUT2D eigenvalue weighted by atomic mass is 10.2. The molecule has 0 aromatic heterocycles. The molecule has 0 bridgehead atoms. The molecule has 0 aliphatic rings. The lowest BCUT2D eigenvalue weighted by Gasteiger charge is -1.98. The molecule has 1 N–H and O–H groups in total. The monoisotopic (exact) mass is 134 g/mol. The zero-order valence-corrected chi connectivity index (χ0v) is 5.72. The van der Waals surface area contributed by atoms with Gasteiger partial charge in [-0.2, -0.15) is 0 Å². The zero-order valence-electron chi connectivity index (χ0n) is 5.72. The van der Waals surface area contributed by atoms with Crippen molar-refractivity contribution in [3.05, 3.63) is 35.9 Å². The van der Waals surface area contributed by atoms with Crippen molar-refractivity contribution in [1.82, 2.24) is 0 Å². The first-order chi connectivity index (χ1) is 4.84. The Morgan fingerprint density at radius 2 is 2.40 bits per heavy atom. The fraction of sp³-hybridized carbons (Fsp3) is 0.125. The fourth-order valence-corrected chi connectivity index (χ4v) is 0.645. The van der Waals surface area contributed by atoms with Gasteiger partial charge in [0.2, 0.25) is 5.90 Å². The van der Waals surface area contributed by atoms with Gasteiger partial charge in [-0.05, 0) is 12.1 Å². The highest BCUT2D eigenvalue weighted by molar-refractivity contribution is 5.90. The fourth-order valence-electron chi connectivity index (χ4n) is 0.645. The van der Waals surface area contributed by atoms with Crippen LogP contribution in [0.5, 0.6) is 0 Å². The summed E-state index contributed by atoms with van der Waals surface area (Å²) >= 11 is 0. The summed E-state index contributed by atoms with van der Waals surface area (Å²) < 4.78 is 4.69. The zero-order chi connectivity index (χ0) is 7.40. The molecule has 1 radical (unpaired) electrons. The molecule has 0 atom stereocenters. The molecule has 0 heterocycles. The maximum absolute atomic E-state index is 7.22. The molecule has 0 amide bonds. The van der Waals surface area contributed by atoms with Gasteiger partial charge >= 0.3 is 0 Å². The van der Waals surface area contributed by atoms with Gasteiger partial charge < -0.3 is 4.74 Å². The molecule has 0 aliphatic carbocycles. The van der Waals surface area contributed by atoms with Crippen molar-refractivity contribution >= 4 is 5.90 Å². The van der Waals surface area contributed by atoms with Crippen molar-refractivity contribution in [2.75, 3.05) is 7.11 Å². The van der Waals surface area contributed by atoms with Gasteiger partial charge in [0, 0.05) is 5.56 Å². The number of methoxy groups -OCH3 is 1. The summed E-state index contributed by atoms with van der Waals surface area (Å²) in [6, 6.07) is 10.1. The van der Waals surface area contributed by atoms with Crippen LogP contribution in [0.15, 0.2) is 24.3 Å². The van der Waals surface area contributed by atoms with Crippen LogP contribution in [0, 0.1) is 11.5 Å². The van der Waals surface area contributed by atoms with E-state index in [2.05, 4.69) is 10.8 Å². The van der Waals surface area contributed by atoms with E-state index in [1.165, 1.54) is 7.11 Å². The van der Waals surface area contributed by atoms with Crippen LogP contribution < -0.4 is 0 Å². The summed E-state index contributed by atoms with van der Waals surface area (Å²) in [4.78, 5) is 0. The van der Waals surface area contributed by atoms with E-state index in [-0.39, 0.29) is 5.90 Å². The summed E-state index contributed by atoms with van der Waals surface area (Å²) in [7, 11) is 1.48. The summed E-state index contributed by atoms with van der Waals surface area (Å²) in [6.07, 6.45) is 0. The highest BCUT2D eigenvalue weighted by Crippen LogP contribution is 1.97. The second-order valence-electron chi connectivity index (χ2n) is 1.81. The van der Waals surface area contributed by atoms with E-state index in [0.717, 1.165) is 0 Å². The van der Waals surface area contributed by atoms with Gasteiger partial charge in [0.05, 0.1) is 7.11 Å². The normalized spacial score (nSPS) is 8.90. The second kappa shape index (κ2) is 3.01. The molecule has 0 saturated carbocycles. The summed E-state index contributed by atoms with van der Waals surface area (Å²) in [6.45, 7) is 0. The molecular weight excluding hydrogens is 126 g/mol. The SMILES string of the molecule is COC(=N)c1[c]cccc1. The number of rotatable bonds is 1. The van der Waals surface area contributed by atoms with Crippen LogP contribution in [-0.4, -0.2) is 13.0 Å². The largest absolute Gasteiger partial charge is 0.481 e. The standard InChI is InChI=1S/C8H8NO/c1-10-8(9)7-5-3-2-4-6-7/h2-5,9H,1H3. The number of benzene rings is 1. The van der Waals surface area contributed by atoms with E-state index in [0.29, 0.717) is 5.56 Å². The maximum atomic E-state index is 7.22. The van der Waals surface area contributed by atoms with Crippen molar-refractivity contribution in [2.45, 2.75) is 0 Å². The molecule has 2 nitrogen and oxygen atoms in total. The van der Waals surface area contributed by atoms with Gasteiger partial charge in [-0.15, -0.1) is 0 Å². The van der Waals surface area contributed by atoms with Gasteiger partial charge in [-0.25, -0.2) is 0 Å². The van der Waals surface area contributed by atoms with Crippen LogP contribution in [0.25, 0.3) is 0 Å². The van der Waals surface area contributed by atoms with Crippen LogP contribution in [0.4, 0.5) is 0 Å². The molecule has 0 unspecified atom stereocenters. The van der Waals surface area contributed by atoms with E-state index >= 15 is 0 Å². The van der Waals surface area contributed by atoms with E-state index in [4.69, 9.17) is 5.41 Å². The molecule has 2 heteroatoms. The first-order valence-corrected chi connectivity index (χ1v) is 2.94. The average Bonchev–Trinajstić information content (AvgIpc) is 2.05. The Morgan fingerprint density at radius 1 is 1.60 bits per heavy atom. The predicted molar refractivity (Wildman–Crippen MR) is 39.1 cm³/mol. The third kappa shape index (κ3) is 1.35. The third-order valence-corrected chi connectivity index (χ3v) is 1.16. The number of hydrogen-bond donors (Lipinski definition) is 1. The van der Waals surface area contributed by atoms with Gasteiger partial charge in [0.15, 0.2) is 0 Å². The smallest absolute Gasteiger partial charge is 0.213 e. The molecule has 1 aromatic rings. The van der Waals surface area contributed by atoms with Crippen molar-refractivity contribution in [3.63, 3.8) is 0 Å². The topological polar surface area (TPSA) is 33.1 Å². The molecular formula is C8H8NO. The van der Waals surface area contributed by atoms with Crippen LogP contribution in [0.1, 0.15) is 5.56 Å². The van der Waals surface area contributed by atoms with Crippen LogP contribution in [0.2, 0.25) is 0 Å².